The van der Waals surface area contributed by atoms with E-state index in [9.17, 15) is 13.2 Å². The van der Waals surface area contributed by atoms with Crippen molar-refractivity contribution in [3.05, 3.63) is 59.1 Å². The van der Waals surface area contributed by atoms with Gasteiger partial charge >= 0.3 is 0 Å². The summed E-state index contributed by atoms with van der Waals surface area (Å²) in [6.45, 7) is 0. The molecular formula is C27H33ClN2O3S2. The second-order valence-corrected chi connectivity index (χ2v) is 13.8. The average molecular weight is 533 g/mol. The molecule has 8 heteroatoms. The highest BCUT2D eigenvalue weighted by molar-refractivity contribution is 7.98. The molecule has 0 aliphatic heterocycles. The molecule has 4 aliphatic rings. The molecule has 6 rings (SSSR count). The number of carbonyl (C=O) groups excluding carboxylic acids is 1. The zero-order valence-electron chi connectivity index (χ0n) is 20.0. The van der Waals surface area contributed by atoms with Gasteiger partial charge in [0.25, 0.3) is 0 Å². The Bertz CT molecular complexity index is 1130. The number of halogens is 1. The molecule has 35 heavy (non-hydrogen) atoms. The van der Waals surface area contributed by atoms with Crippen LogP contribution < -0.4 is 10.0 Å². The Kier molecular flexibility index (Phi) is 7.23. The molecule has 0 heterocycles. The number of hydrogen-bond donors (Lipinski definition) is 2. The number of nitrogens with one attached hydrogen (secondary N) is 2. The molecule has 1 amide bonds. The third-order valence-electron chi connectivity index (χ3n) is 8.15. The summed E-state index contributed by atoms with van der Waals surface area (Å²) >= 11 is 7.47. The Hall–Kier alpha value is -1.54. The van der Waals surface area contributed by atoms with Crippen LogP contribution in [0.2, 0.25) is 5.02 Å². The number of sulfonamides is 1. The van der Waals surface area contributed by atoms with Crippen LogP contribution in [0, 0.1) is 17.8 Å². The Morgan fingerprint density at radius 3 is 2.11 bits per heavy atom. The standard InChI is InChI=1S/C27H33ClN2O3S2/c1-34-11-10-25(30-35(32,33)24-8-4-22(28)5-9-24)26(31)29-23-6-2-21(3-7-23)27-15-18-12-19(16-27)14-20(13-18)17-27/h2-9,18-20,25,30H,10-17H2,1H3,(H,29,31)/t18?,19?,20?,25-,27?/m0/s1. The fourth-order valence-corrected chi connectivity index (χ4v) is 8.78. The van der Waals surface area contributed by atoms with Crippen LogP contribution in [0.15, 0.2) is 53.4 Å². The van der Waals surface area contributed by atoms with E-state index >= 15 is 0 Å². The molecule has 4 aliphatic carbocycles. The molecule has 1 atom stereocenters. The van der Waals surface area contributed by atoms with Gasteiger partial charge in [-0.3, -0.25) is 4.79 Å². The van der Waals surface area contributed by atoms with Crippen LogP contribution in [0.5, 0.6) is 0 Å². The molecule has 4 saturated carbocycles. The van der Waals surface area contributed by atoms with E-state index in [0.29, 0.717) is 28.3 Å². The Morgan fingerprint density at radius 2 is 1.57 bits per heavy atom. The molecule has 4 bridgehead atoms. The average Bonchev–Trinajstić information content (AvgIpc) is 2.81. The second kappa shape index (κ2) is 10.1. The van der Waals surface area contributed by atoms with Crippen molar-refractivity contribution in [2.24, 2.45) is 17.8 Å². The molecule has 2 aromatic carbocycles. The third kappa shape index (κ3) is 5.43. The van der Waals surface area contributed by atoms with E-state index in [1.165, 1.54) is 68.4 Å². The van der Waals surface area contributed by atoms with Gasteiger partial charge in [-0.1, -0.05) is 23.7 Å². The predicted molar refractivity (Wildman–Crippen MR) is 143 cm³/mol. The molecule has 0 unspecified atom stereocenters. The maximum absolute atomic E-state index is 13.1. The van der Waals surface area contributed by atoms with E-state index in [4.69, 9.17) is 11.6 Å². The highest BCUT2D eigenvalue weighted by Crippen LogP contribution is 2.60. The lowest BCUT2D eigenvalue weighted by atomic mass is 9.48. The van der Waals surface area contributed by atoms with E-state index in [0.717, 1.165) is 17.8 Å². The van der Waals surface area contributed by atoms with Gasteiger partial charge < -0.3 is 5.32 Å². The molecule has 0 radical (unpaired) electrons. The van der Waals surface area contributed by atoms with Gasteiger partial charge in [-0.05, 0) is 122 Å². The minimum absolute atomic E-state index is 0.0868. The summed E-state index contributed by atoms with van der Waals surface area (Å²) in [6.07, 6.45) is 10.5. The van der Waals surface area contributed by atoms with Gasteiger partial charge in [0.2, 0.25) is 15.9 Å². The summed E-state index contributed by atoms with van der Waals surface area (Å²) in [5.41, 5.74) is 2.41. The van der Waals surface area contributed by atoms with Crippen molar-refractivity contribution in [1.82, 2.24) is 4.72 Å². The predicted octanol–water partition coefficient (Wildman–Crippen LogP) is 5.85. The first-order valence-electron chi connectivity index (χ1n) is 12.4. The highest BCUT2D eigenvalue weighted by Gasteiger charge is 2.51. The molecule has 0 aromatic heterocycles. The van der Waals surface area contributed by atoms with Gasteiger partial charge in [-0.2, -0.15) is 16.5 Å². The van der Waals surface area contributed by atoms with Crippen LogP contribution in [-0.4, -0.2) is 32.4 Å². The van der Waals surface area contributed by atoms with Gasteiger partial charge in [0.05, 0.1) is 4.90 Å². The summed E-state index contributed by atoms with van der Waals surface area (Å²) in [7, 11) is -3.86. The lowest BCUT2D eigenvalue weighted by Crippen LogP contribution is -2.48. The largest absolute Gasteiger partial charge is 0.325 e. The lowest BCUT2D eigenvalue weighted by molar-refractivity contribution is -0.117. The van der Waals surface area contributed by atoms with Crippen molar-refractivity contribution in [3.8, 4) is 0 Å². The van der Waals surface area contributed by atoms with Crippen LogP contribution in [0.4, 0.5) is 5.69 Å². The monoisotopic (exact) mass is 532 g/mol. The van der Waals surface area contributed by atoms with E-state index in [2.05, 4.69) is 22.2 Å². The maximum Gasteiger partial charge on any atom is 0.242 e. The maximum atomic E-state index is 13.1. The van der Waals surface area contributed by atoms with Crippen LogP contribution in [0.1, 0.15) is 50.5 Å². The molecule has 0 spiro atoms. The number of hydrogen-bond acceptors (Lipinski definition) is 4. The van der Waals surface area contributed by atoms with Crippen LogP contribution in [0.3, 0.4) is 0 Å². The number of anilines is 1. The first-order chi connectivity index (χ1) is 16.8. The van der Waals surface area contributed by atoms with Crippen LogP contribution >= 0.6 is 23.4 Å². The quantitative estimate of drug-likeness (QED) is 0.425. The van der Waals surface area contributed by atoms with Gasteiger partial charge in [-0.25, -0.2) is 8.42 Å². The summed E-state index contributed by atoms with van der Waals surface area (Å²) in [5, 5.41) is 3.39. The van der Waals surface area contributed by atoms with Gasteiger partial charge in [0.15, 0.2) is 0 Å². The summed E-state index contributed by atoms with van der Waals surface area (Å²) in [6, 6.07) is 13.4. The molecule has 2 aromatic rings. The number of amides is 1. The molecule has 5 nitrogen and oxygen atoms in total. The third-order valence-corrected chi connectivity index (χ3v) is 10.5. The van der Waals surface area contributed by atoms with Gasteiger partial charge in [0.1, 0.15) is 6.04 Å². The van der Waals surface area contributed by atoms with Crippen molar-refractivity contribution >= 4 is 45.0 Å². The molecule has 4 fully saturated rings. The van der Waals surface area contributed by atoms with Crippen molar-refractivity contribution in [1.29, 1.82) is 0 Å². The summed E-state index contributed by atoms with van der Waals surface area (Å²) < 4.78 is 28.4. The fraction of sp³-hybridized carbons (Fsp3) is 0.519. The second-order valence-electron chi connectivity index (χ2n) is 10.7. The summed E-state index contributed by atoms with van der Waals surface area (Å²) in [4.78, 5) is 13.2. The first-order valence-corrected chi connectivity index (χ1v) is 15.7. The minimum Gasteiger partial charge on any atom is -0.325 e. The van der Waals surface area contributed by atoms with Crippen LogP contribution in [0.25, 0.3) is 0 Å². The highest BCUT2D eigenvalue weighted by atomic mass is 35.5. The zero-order chi connectivity index (χ0) is 24.6. The van der Waals surface area contributed by atoms with Gasteiger partial charge in [-0.15, -0.1) is 0 Å². The van der Waals surface area contributed by atoms with Crippen molar-refractivity contribution in [2.75, 3.05) is 17.3 Å². The van der Waals surface area contributed by atoms with E-state index in [1.807, 2.05) is 18.4 Å². The minimum atomic E-state index is -3.86. The van der Waals surface area contributed by atoms with Crippen LogP contribution in [-0.2, 0) is 20.2 Å². The Labute approximate surface area is 217 Å². The SMILES string of the molecule is CSCC[C@H](NS(=O)(=O)c1ccc(Cl)cc1)C(=O)Nc1ccc(C23CC4CC(CC(C4)C2)C3)cc1. The number of rotatable bonds is 9. The first kappa shape index (κ1) is 25.1. The van der Waals surface area contributed by atoms with E-state index < -0.39 is 16.1 Å². The van der Waals surface area contributed by atoms with E-state index in [-0.39, 0.29) is 10.8 Å². The number of carbonyl (C=O) groups is 1. The summed E-state index contributed by atoms with van der Waals surface area (Å²) in [5.74, 6) is 2.95. The zero-order valence-corrected chi connectivity index (χ0v) is 22.4. The molecular weight excluding hydrogens is 500 g/mol. The smallest absolute Gasteiger partial charge is 0.242 e. The molecule has 2 N–H and O–H groups in total. The molecule has 188 valence electrons. The van der Waals surface area contributed by atoms with Crippen molar-refractivity contribution in [2.45, 2.75) is 61.3 Å². The lowest BCUT2D eigenvalue weighted by Gasteiger charge is -2.57. The van der Waals surface area contributed by atoms with Crippen molar-refractivity contribution < 1.29 is 13.2 Å². The van der Waals surface area contributed by atoms with E-state index in [1.54, 1.807) is 11.8 Å². The van der Waals surface area contributed by atoms with Crippen molar-refractivity contribution in [3.63, 3.8) is 0 Å². The number of thioether (sulfide) groups is 1. The normalized spacial score (nSPS) is 28.1. The fourth-order valence-electron chi connectivity index (χ4n) is 6.95. The number of benzene rings is 2. The molecule has 0 saturated heterocycles. The Morgan fingerprint density at radius 1 is 1.00 bits per heavy atom. The van der Waals surface area contributed by atoms with Gasteiger partial charge in [0, 0.05) is 10.7 Å². The topological polar surface area (TPSA) is 75.3 Å². The Balaban J connectivity index is 1.28.